The molecular weight excluding hydrogens is 264 g/mol. The van der Waals surface area contributed by atoms with Crippen molar-refractivity contribution in [2.45, 2.75) is 6.10 Å². The van der Waals surface area contributed by atoms with Gasteiger partial charge in [-0.2, -0.15) is 0 Å². The first-order valence-electron chi connectivity index (χ1n) is 6.69. The second-order valence-electron chi connectivity index (χ2n) is 4.87. The van der Waals surface area contributed by atoms with Gasteiger partial charge in [0.25, 0.3) is 0 Å². The van der Waals surface area contributed by atoms with Crippen LogP contribution in [0.1, 0.15) is 17.6 Å². The van der Waals surface area contributed by atoms with E-state index in [2.05, 4.69) is 9.97 Å². The van der Waals surface area contributed by atoms with Gasteiger partial charge in [-0.15, -0.1) is 0 Å². The number of benzene rings is 2. The lowest BCUT2D eigenvalue weighted by Crippen LogP contribution is -2.02. The maximum absolute atomic E-state index is 10.5. The molecule has 0 spiro atoms. The van der Waals surface area contributed by atoms with E-state index in [9.17, 15) is 5.11 Å². The van der Waals surface area contributed by atoms with Gasteiger partial charge >= 0.3 is 0 Å². The van der Waals surface area contributed by atoms with Crippen LogP contribution < -0.4 is 0 Å². The summed E-state index contributed by atoms with van der Waals surface area (Å²) in [6.45, 7) is 0. The average molecular weight is 276 g/mol. The molecule has 2 aromatic heterocycles. The van der Waals surface area contributed by atoms with E-state index in [1.807, 2.05) is 54.6 Å². The number of aliphatic hydroxyl groups is 1. The topological polar surface area (TPSA) is 59.2 Å². The van der Waals surface area contributed by atoms with Gasteiger partial charge in [0, 0.05) is 5.39 Å². The Labute approximate surface area is 120 Å². The Kier molecular flexibility index (Phi) is 2.69. The number of nitrogens with zero attached hydrogens (tertiary/aromatic N) is 2. The zero-order valence-corrected chi connectivity index (χ0v) is 11.1. The fourth-order valence-corrected chi connectivity index (χ4v) is 2.39. The monoisotopic (exact) mass is 276 g/mol. The van der Waals surface area contributed by atoms with E-state index in [4.69, 9.17) is 4.42 Å². The molecule has 0 amide bonds. The van der Waals surface area contributed by atoms with E-state index in [0.29, 0.717) is 11.5 Å². The van der Waals surface area contributed by atoms with Crippen molar-refractivity contribution < 1.29 is 9.52 Å². The van der Waals surface area contributed by atoms with Crippen molar-refractivity contribution >= 4 is 22.0 Å². The summed E-state index contributed by atoms with van der Waals surface area (Å²) in [5.74, 6) is 0.473. The van der Waals surface area contributed by atoms with Crippen molar-refractivity contribution in [3.63, 3.8) is 0 Å². The molecule has 0 saturated heterocycles. The van der Waals surface area contributed by atoms with Crippen molar-refractivity contribution in [3.8, 4) is 0 Å². The summed E-state index contributed by atoms with van der Waals surface area (Å²) in [5, 5.41) is 11.4. The van der Waals surface area contributed by atoms with Gasteiger partial charge in [-0.05, 0) is 24.3 Å². The third-order valence-corrected chi connectivity index (χ3v) is 3.46. The number of hydrogen-bond acceptors (Lipinski definition) is 4. The number of para-hydroxylation sites is 3. The highest BCUT2D eigenvalue weighted by Crippen LogP contribution is 2.27. The SMILES string of the molecule is OC(c1cnc2ccccc2n1)c1cc2ccccc2o1. The molecule has 4 nitrogen and oxygen atoms in total. The van der Waals surface area contributed by atoms with Crippen LogP contribution in [0.15, 0.2) is 65.2 Å². The lowest BCUT2D eigenvalue weighted by molar-refractivity contribution is 0.187. The maximum Gasteiger partial charge on any atom is 0.155 e. The molecule has 0 saturated carbocycles. The Bertz CT molecular complexity index is 897. The van der Waals surface area contributed by atoms with Gasteiger partial charge in [0.2, 0.25) is 0 Å². The minimum absolute atomic E-state index is 0.473. The minimum atomic E-state index is -0.922. The zero-order valence-electron chi connectivity index (χ0n) is 11.1. The molecule has 0 aliphatic carbocycles. The summed E-state index contributed by atoms with van der Waals surface area (Å²) in [7, 11) is 0. The Hall–Kier alpha value is -2.72. The van der Waals surface area contributed by atoms with Crippen LogP contribution in [0.4, 0.5) is 0 Å². The Morgan fingerprint density at radius 3 is 2.57 bits per heavy atom. The van der Waals surface area contributed by atoms with Crippen molar-refractivity contribution in [1.82, 2.24) is 9.97 Å². The molecule has 4 heteroatoms. The first kappa shape index (κ1) is 12.1. The number of furan rings is 1. The smallest absolute Gasteiger partial charge is 0.155 e. The normalized spacial score (nSPS) is 12.8. The number of aromatic nitrogens is 2. The lowest BCUT2D eigenvalue weighted by Gasteiger charge is -2.07. The molecule has 21 heavy (non-hydrogen) atoms. The van der Waals surface area contributed by atoms with Crippen LogP contribution in [0.3, 0.4) is 0 Å². The Morgan fingerprint density at radius 1 is 0.952 bits per heavy atom. The van der Waals surface area contributed by atoms with Crippen molar-refractivity contribution in [3.05, 3.63) is 72.2 Å². The summed E-state index contributed by atoms with van der Waals surface area (Å²) in [5.41, 5.74) is 2.79. The molecule has 1 unspecified atom stereocenters. The van der Waals surface area contributed by atoms with Crippen molar-refractivity contribution in [2.75, 3.05) is 0 Å². The third-order valence-electron chi connectivity index (χ3n) is 3.46. The fraction of sp³-hybridized carbons (Fsp3) is 0.0588. The molecule has 2 aromatic carbocycles. The first-order chi connectivity index (χ1) is 10.3. The van der Waals surface area contributed by atoms with Gasteiger partial charge in [-0.1, -0.05) is 30.3 Å². The van der Waals surface area contributed by atoms with E-state index in [-0.39, 0.29) is 0 Å². The van der Waals surface area contributed by atoms with Gasteiger partial charge in [0.1, 0.15) is 11.3 Å². The predicted molar refractivity (Wildman–Crippen MR) is 79.8 cm³/mol. The molecule has 1 N–H and O–H groups in total. The molecule has 2 heterocycles. The van der Waals surface area contributed by atoms with Crippen LogP contribution in [0.2, 0.25) is 0 Å². The molecule has 0 bridgehead atoms. The highest BCUT2D eigenvalue weighted by molar-refractivity contribution is 5.78. The molecule has 0 aliphatic heterocycles. The van der Waals surface area contributed by atoms with Crippen molar-refractivity contribution in [2.24, 2.45) is 0 Å². The number of hydrogen-bond donors (Lipinski definition) is 1. The summed E-state index contributed by atoms with van der Waals surface area (Å²) in [4.78, 5) is 8.77. The Morgan fingerprint density at radius 2 is 1.71 bits per heavy atom. The quantitative estimate of drug-likeness (QED) is 0.609. The average Bonchev–Trinajstić information content (AvgIpc) is 2.97. The van der Waals surface area contributed by atoms with E-state index in [1.165, 1.54) is 0 Å². The van der Waals surface area contributed by atoms with Gasteiger partial charge in [-0.25, -0.2) is 4.98 Å². The van der Waals surface area contributed by atoms with E-state index in [1.54, 1.807) is 6.20 Å². The van der Waals surface area contributed by atoms with Crippen LogP contribution >= 0.6 is 0 Å². The molecule has 4 aromatic rings. The maximum atomic E-state index is 10.5. The van der Waals surface area contributed by atoms with Gasteiger partial charge in [0.05, 0.1) is 22.9 Å². The van der Waals surface area contributed by atoms with Crippen LogP contribution in [-0.2, 0) is 0 Å². The van der Waals surface area contributed by atoms with Crippen LogP contribution in [-0.4, -0.2) is 15.1 Å². The summed E-state index contributed by atoms with van der Waals surface area (Å²) < 4.78 is 5.68. The molecule has 0 radical (unpaired) electrons. The molecular formula is C17H12N2O2. The first-order valence-corrected chi connectivity index (χ1v) is 6.69. The van der Waals surface area contributed by atoms with Gasteiger partial charge in [0.15, 0.2) is 6.10 Å². The minimum Gasteiger partial charge on any atom is -0.458 e. The fourth-order valence-electron chi connectivity index (χ4n) is 2.39. The third kappa shape index (κ3) is 2.06. The summed E-state index contributed by atoms with van der Waals surface area (Å²) in [6, 6.07) is 17.1. The summed E-state index contributed by atoms with van der Waals surface area (Å²) >= 11 is 0. The molecule has 102 valence electrons. The standard InChI is InChI=1S/C17H12N2O2/c20-17(16-9-11-5-1-4-8-15(11)21-16)14-10-18-12-6-2-3-7-13(12)19-14/h1-10,17,20H. The molecule has 0 fully saturated rings. The van der Waals surface area contributed by atoms with Crippen molar-refractivity contribution in [1.29, 1.82) is 0 Å². The highest BCUT2D eigenvalue weighted by Gasteiger charge is 2.17. The molecule has 1 atom stereocenters. The molecule has 0 aliphatic rings. The summed E-state index contributed by atoms with van der Waals surface area (Å²) in [6.07, 6.45) is 0.662. The number of rotatable bonds is 2. The largest absolute Gasteiger partial charge is 0.458 e. The van der Waals surface area contributed by atoms with E-state index >= 15 is 0 Å². The second-order valence-corrected chi connectivity index (χ2v) is 4.87. The lowest BCUT2D eigenvalue weighted by atomic mass is 10.2. The second kappa shape index (κ2) is 4.68. The van der Waals surface area contributed by atoms with E-state index in [0.717, 1.165) is 22.0 Å². The number of aliphatic hydroxyl groups excluding tert-OH is 1. The highest BCUT2D eigenvalue weighted by atomic mass is 16.4. The van der Waals surface area contributed by atoms with E-state index < -0.39 is 6.10 Å². The molecule has 4 rings (SSSR count). The number of fused-ring (bicyclic) bond motifs is 2. The predicted octanol–water partition coefficient (Wildman–Crippen LogP) is 3.46. The Balaban J connectivity index is 1.79. The van der Waals surface area contributed by atoms with Gasteiger partial charge < -0.3 is 9.52 Å². The van der Waals surface area contributed by atoms with Crippen LogP contribution in [0, 0.1) is 0 Å². The van der Waals surface area contributed by atoms with Crippen LogP contribution in [0.25, 0.3) is 22.0 Å². The van der Waals surface area contributed by atoms with Crippen LogP contribution in [0.5, 0.6) is 0 Å². The van der Waals surface area contributed by atoms with Gasteiger partial charge in [-0.3, -0.25) is 4.98 Å². The zero-order chi connectivity index (χ0) is 14.2.